The van der Waals surface area contributed by atoms with Crippen molar-refractivity contribution in [2.24, 2.45) is 0 Å². The Labute approximate surface area is 86.8 Å². The van der Waals surface area contributed by atoms with E-state index in [0.29, 0.717) is 11.7 Å². The van der Waals surface area contributed by atoms with Crippen molar-refractivity contribution < 1.29 is 5.11 Å². The third-order valence-electron chi connectivity index (χ3n) is 2.89. The van der Waals surface area contributed by atoms with Crippen LogP contribution in [0.5, 0.6) is 5.75 Å². The van der Waals surface area contributed by atoms with Crippen molar-refractivity contribution in [3.05, 3.63) is 28.8 Å². The van der Waals surface area contributed by atoms with E-state index in [1.165, 1.54) is 5.56 Å². The molecule has 1 heteroatoms. The molecule has 1 aromatic carbocycles. The van der Waals surface area contributed by atoms with E-state index in [1.807, 2.05) is 0 Å². The molecule has 0 saturated heterocycles. The average Bonchev–Trinajstić information content (AvgIpc) is 2.19. The van der Waals surface area contributed by atoms with E-state index in [4.69, 9.17) is 0 Å². The highest BCUT2D eigenvalue weighted by molar-refractivity contribution is 5.45. The van der Waals surface area contributed by atoms with E-state index in [9.17, 15) is 5.11 Å². The number of aryl methyl sites for hydroxylation is 2. The van der Waals surface area contributed by atoms with Gasteiger partial charge in [-0.25, -0.2) is 0 Å². The van der Waals surface area contributed by atoms with Gasteiger partial charge in [-0.3, -0.25) is 0 Å². The molecule has 0 heterocycles. The van der Waals surface area contributed by atoms with Crippen LogP contribution in [-0.4, -0.2) is 5.11 Å². The Balaban J connectivity index is 3.21. The van der Waals surface area contributed by atoms with Crippen molar-refractivity contribution in [1.82, 2.24) is 0 Å². The summed E-state index contributed by atoms with van der Waals surface area (Å²) in [5.74, 6) is 0.952. The van der Waals surface area contributed by atoms with Crippen LogP contribution in [0.15, 0.2) is 12.1 Å². The van der Waals surface area contributed by atoms with Crippen LogP contribution >= 0.6 is 0 Å². The smallest absolute Gasteiger partial charge is 0.122 e. The predicted molar refractivity (Wildman–Crippen MR) is 60.9 cm³/mol. The second kappa shape index (κ2) is 4.50. The highest BCUT2D eigenvalue weighted by Crippen LogP contribution is 2.32. The minimum Gasteiger partial charge on any atom is -0.507 e. The van der Waals surface area contributed by atoms with E-state index in [0.717, 1.165) is 24.0 Å². The minimum absolute atomic E-state index is 0.445. The van der Waals surface area contributed by atoms with E-state index >= 15 is 0 Å². The Morgan fingerprint density at radius 1 is 1.29 bits per heavy atom. The Hall–Kier alpha value is -0.980. The van der Waals surface area contributed by atoms with Gasteiger partial charge in [0.05, 0.1) is 0 Å². The molecular weight excluding hydrogens is 172 g/mol. The van der Waals surface area contributed by atoms with Crippen molar-refractivity contribution in [3.63, 3.8) is 0 Å². The molecule has 0 spiro atoms. The number of aromatic hydroxyl groups is 1. The molecule has 1 rings (SSSR count). The Morgan fingerprint density at radius 3 is 2.43 bits per heavy atom. The molecule has 0 fully saturated rings. The lowest BCUT2D eigenvalue weighted by Crippen LogP contribution is -1.96. The van der Waals surface area contributed by atoms with Gasteiger partial charge in [0.25, 0.3) is 0 Å². The topological polar surface area (TPSA) is 20.2 Å². The van der Waals surface area contributed by atoms with E-state index in [2.05, 4.69) is 39.8 Å². The third-order valence-corrected chi connectivity index (χ3v) is 2.89. The summed E-state index contributed by atoms with van der Waals surface area (Å²) < 4.78 is 0. The van der Waals surface area contributed by atoms with Crippen molar-refractivity contribution in [2.75, 3.05) is 0 Å². The molecule has 1 nitrogen and oxygen atoms in total. The van der Waals surface area contributed by atoms with Crippen LogP contribution in [-0.2, 0) is 6.42 Å². The summed E-state index contributed by atoms with van der Waals surface area (Å²) in [6.07, 6.45) is 1.97. The van der Waals surface area contributed by atoms with Gasteiger partial charge in [0.2, 0.25) is 0 Å². The van der Waals surface area contributed by atoms with Crippen LogP contribution in [0, 0.1) is 6.92 Å². The molecule has 78 valence electrons. The van der Waals surface area contributed by atoms with Crippen LogP contribution in [0.25, 0.3) is 0 Å². The monoisotopic (exact) mass is 192 g/mol. The summed E-state index contributed by atoms with van der Waals surface area (Å²) in [6, 6.07) is 4.17. The van der Waals surface area contributed by atoms with Gasteiger partial charge in [-0.2, -0.15) is 0 Å². The standard InChI is InChI=1S/C13H20O/c1-5-10(4)12-8-9(3)7-11(6-2)13(12)14/h7-8,10,14H,5-6H2,1-4H3. The van der Waals surface area contributed by atoms with Gasteiger partial charge in [-0.1, -0.05) is 38.5 Å². The number of hydrogen-bond donors (Lipinski definition) is 1. The predicted octanol–water partition coefficient (Wildman–Crippen LogP) is 3.78. The van der Waals surface area contributed by atoms with Crippen LogP contribution in [0.3, 0.4) is 0 Å². The molecule has 1 aromatic rings. The fourth-order valence-corrected chi connectivity index (χ4v) is 1.75. The zero-order valence-electron chi connectivity index (χ0n) is 9.59. The molecular formula is C13H20O. The first-order valence-electron chi connectivity index (χ1n) is 5.42. The average molecular weight is 192 g/mol. The van der Waals surface area contributed by atoms with Crippen LogP contribution < -0.4 is 0 Å². The lowest BCUT2D eigenvalue weighted by molar-refractivity contribution is 0.455. The number of phenols is 1. The van der Waals surface area contributed by atoms with Crippen LogP contribution in [0.4, 0.5) is 0 Å². The highest BCUT2D eigenvalue weighted by atomic mass is 16.3. The first kappa shape index (κ1) is 11.1. The van der Waals surface area contributed by atoms with E-state index in [1.54, 1.807) is 0 Å². The Morgan fingerprint density at radius 2 is 1.93 bits per heavy atom. The molecule has 0 amide bonds. The number of benzene rings is 1. The Bertz CT molecular complexity index is 315. The summed E-state index contributed by atoms with van der Waals surface area (Å²) >= 11 is 0. The number of rotatable bonds is 3. The lowest BCUT2D eigenvalue weighted by Gasteiger charge is -2.15. The molecule has 0 aromatic heterocycles. The minimum atomic E-state index is 0.445. The summed E-state index contributed by atoms with van der Waals surface area (Å²) in [5, 5.41) is 10.0. The summed E-state index contributed by atoms with van der Waals surface area (Å²) in [7, 11) is 0. The third kappa shape index (κ3) is 2.09. The van der Waals surface area contributed by atoms with Gasteiger partial charge >= 0.3 is 0 Å². The van der Waals surface area contributed by atoms with Gasteiger partial charge in [0.15, 0.2) is 0 Å². The van der Waals surface area contributed by atoms with Crippen LogP contribution in [0.1, 0.15) is 49.8 Å². The number of hydrogen-bond acceptors (Lipinski definition) is 1. The molecule has 0 bridgehead atoms. The quantitative estimate of drug-likeness (QED) is 0.772. The molecule has 1 N–H and O–H groups in total. The zero-order valence-corrected chi connectivity index (χ0v) is 9.59. The summed E-state index contributed by atoms with van der Waals surface area (Å²) in [5.41, 5.74) is 3.42. The molecule has 0 aliphatic rings. The van der Waals surface area contributed by atoms with Crippen molar-refractivity contribution in [3.8, 4) is 5.75 Å². The van der Waals surface area contributed by atoms with E-state index in [-0.39, 0.29) is 0 Å². The molecule has 0 aliphatic carbocycles. The SMILES string of the molecule is CCc1cc(C)cc(C(C)CC)c1O. The summed E-state index contributed by atoms with van der Waals surface area (Å²) in [6.45, 7) is 8.48. The molecule has 0 radical (unpaired) electrons. The van der Waals surface area contributed by atoms with Crippen LogP contribution in [0.2, 0.25) is 0 Å². The first-order chi connectivity index (χ1) is 6.60. The highest BCUT2D eigenvalue weighted by Gasteiger charge is 2.12. The maximum Gasteiger partial charge on any atom is 0.122 e. The molecule has 1 atom stereocenters. The second-order valence-electron chi connectivity index (χ2n) is 4.02. The number of phenolic OH excluding ortho intramolecular Hbond substituents is 1. The van der Waals surface area contributed by atoms with E-state index < -0.39 is 0 Å². The Kier molecular flexibility index (Phi) is 3.56. The fraction of sp³-hybridized carbons (Fsp3) is 0.538. The van der Waals surface area contributed by atoms with Gasteiger partial charge in [-0.15, -0.1) is 0 Å². The van der Waals surface area contributed by atoms with Gasteiger partial charge in [0, 0.05) is 0 Å². The van der Waals surface area contributed by atoms with Gasteiger partial charge in [-0.05, 0) is 36.8 Å². The maximum atomic E-state index is 10.0. The molecule has 1 unspecified atom stereocenters. The first-order valence-corrected chi connectivity index (χ1v) is 5.42. The van der Waals surface area contributed by atoms with Gasteiger partial charge < -0.3 is 5.11 Å². The zero-order chi connectivity index (χ0) is 10.7. The van der Waals surface area contributed by atoms with Gasteiger partial charge in [0.1, 0.15) is 5.75 Å². The summed E-state index contributed by atoms with van der Waals surface area (Å²) in [4.78, 5) is 0. The molecule has 0 saturated carbocycles. The maximum absolute atomic E-state index is 10.0. The lowest BCUT2D eigenvalue weighted by atomic mass is 9.93. The second-order valence-corrected chi connectivity index (χ2v) is 4.02. The normalized spacial score (nSPS) is 12.9. The van der Waals surface area contributed by atoms with Crippen molar-refractivity contribution >= 4 is 0 Å². The largest absolute Gasteiger partial charge is 0.507 e. The van der Waals surface area contributed by atoms with Crippen molar-refractivity contribution in [2.45, 2.75) is 46.5 Å². The molecule has 0 aliphatic heterocycles. The van der Waals surface area contributed by atoms with Crippen molar-refractivity contribution in [1.29, 1.82) is 0 Å². The fourth-order valence-electron chi connectivity index (χ4n) is 1.75. The molecule has 14 heavy (non-hydrogen) atoms.